The van der Waals surface area contributed by atoms with Crippen LogP contribution in [-0.4, -0.2) is 21.0 Å². The van der Waals surface area contributed by atoms with Crippen LogP contribution >= 0.6 is 0 Å². The van der Waals surface area contributed by atoms with Gasteiger partial charge in [-0.15, -0.1) is 0 Å². The van der Waals surface area contributed by atoms with Crippen LogP contribution < -0.4 is 5.32 Å². The number of rotatable bonds is 2. The van der Waals surface area contributed by atoms with Crippen LogP contribution in [0.4, 0.5) is 10.6 Å². The van der Waals surface area contributed by atoms with Gasteiger partial charge in [-0.3, -0.25) is 5.32 Å². The summed E-state index contributed by atoms with van der Waals surface area (Å²) >= 11 is 0. The standard InChI is InChI=1S/C12H19N3O2/c1-8-9(2)14-15(11(8)13-12(16)17)10-6-4-3-5-7-10/h10,13H,3-7H2,1-2H3,(H,16,17). The highest BCUT2D eigenvalue weighted by molar-refractivity contribution is 5.82. The van der Waals surface area contributed by atoms with E-state index in [0.29, 0.717) is 11.9 Å². The van der Waals surface area contributed by atoms with Crippen molar-refractivity contribution in [3.8, 4) is 0 Å². The Hall–Kier alpha value is -1.52. The van der Waals surface area contributed by atoms with Gasteiger partial charge in [-0.25, -0.2) is 9.48 Å². The predicted octanol–water partition coefficient (Wildman–Crippen LogP) is 3.10. The van der Waals surface area contributed by atoms with Gasteiger partial charge in [0.15, 0.2) is 0 Å². The lowest BCUT2D eigenvalue weighted by molar-refractivity contribution is 0.209. The molecule has 0 radical (unpaired) electrons. The van der Waals surface area contributed by atoms with Crippen LogP contribution in [0.25, 0.3) is 0 Å². The van der Waals surface area contributed by atoms with Crippen molar-refractivity contribution in [1.29, 1.82) is 0 Å². The number of hydrogen-bond acceptors (Lipinski definition) is 2. The summed E-state index contributed by atoms with van der Waals surface area (Å²) < 4.78 is 1.87. The Morgan fingerprint density at radius 1 is 1.35 bits per heavy atom. The zero-order valence-electron chi connectivity index (χ0n) is 10.4. The second kappa shape index (κ2) is 4.77. The van der Waals surface area contributed by atoms with Gasteiger partial charge >= 0.3 is 6.09 Å². The Kier molecular flexibility index (Phi) is 3.36. The summed E-state index contributed by atoms with van der Waals surface area (Å²) in [4.78, 5) is 10.8. The van der Waals surface area contributed by atoms with Crippen molar-refractivity contribution >= 4 is 11.9 Å². The van der Waals surface area contributed by atoms with Crippen LogP contribution in [0.5, 0.6) is 0 Å². The van der Waals surface area contributed by atoms with Crippen LogP contribution in [-0.2, 0) is 0 Å². The first kappa shape index (κ1) is 12.0. The molecule has 2 rings (SSSR count). The normalized spacial score (nSPS) is 17.1. The third kappa shape index (κ3) is 2.43. The number of anilines is 1. The molecule has 0 atom stereocenters. The van der Waals surface area contributed by atoms with Crippen LogP contribution in [0.2, 0.25) is 0 Å². The summed E-state index contributed by atoms with van der Waals surface area (Å²) in [6.07, 6.45) is 4.84. The molecule has 0 spiro atoms. The molecule has 1 fully saturated rings. The first-order chi connectivity index (χ1) is 8.09. The number of carbonyl (C=O) groups is 1. The van der Waals surface area contributed by atoms with Gasteiger partial charge < -0.3 is 5.11 Å². The van der Waals surface area contributed by atoms with E-state index >= 15 is 0 Å². The maximum Gasteiger partial charge on any atom is 0.410 e. The molecule has 17 heavy (non-hydrogen) atoms. The second-order valence-electron chi connectivity index (χ2n) is 4.73. The summed E-state index contributed by atoms with van der Waals surface area (Å²) in [6, 6.07) is 0.345. The van der Waals surface area contributed by atoms with E-state index in [2.05, 4.69) is 10.4 Å². The molecule has 0 bridgehead atoms. The third-order valence-electron chi connectivity index (χ3n) is 3.53. The molecule has 2 N–H and O–H groups in total. The number of carboxylic acid groups (broad SMARTS) is 1. The van der Waals surface area contributed by atoms with E-state index in [0.717, 1.165) is 24.1 Å². The van der Waals surface area contributed by atoms with Crippen molar-refractivity contribution in [2.24, 2.45) is 0 Å². The quantitative estimate of drug-likeness (QED) is 0.830. The molecule has 5 heteroatoms. The average Bonchev–Trinajstić information content (AvgIpc) is 2.58. The Labute approximate surface area is 101 Å². The van der Waals surface area contributed by atoms with Gasteiger partial charge in [0, 0.05) is 5.56 Å². The maximum atomic E-state index is 10.8. The molecule has 1 aliphatic carbocycles. The van der Waals surface area contributed by atoms with E-state index in [1.54, 1.807) is 0 Å². The minimum absolute atomic E-state index is 0.345. The molecular formula is C12H19N3O2. The van der Waals surface area contributed by atoms with E-state index in [-0.39, 0.29) is 0 Å². The largest absolute Gasteiger partial charge is 0.465 e. The van der Waals surface area contributed by atoms with Gasteiger partial charge in [0.05, 0.1) is 11.7 Å². The molecule has 94 valence electrons. The van der Waals surface area contributed by atoms with Crippen molar-refractivity contribution in [2.45, 2.75) is 52.0 Å². The zero-order chi connectivity index (χ0) is 12.4. The number of aryl methyl sites for hydroxylation is 1. The Morgan fingerprint density at radius 3 is 2.59 bits per heavy atom. The summed E-state index contributed by atoms with van der Waals surface area (Å²) in [5, 5.41) is 15.8. The fraction of sp³-hybridized carbons (Fsp3) is 0.667. The molecule has 1 saturated carbocycles. The Bertz CT molecular complexity index is 420. The van der Waals surface area contributed by atoms with Crippen molar-refractivity contribution in [3.05, 3.63) is 11.3 Å². The number of hydrogen-bond donors (Lipinski definition) is 2. The number of nitrogens with zero attached hydrogens (tertiary/aromatic N) is 2. The highest BCUT2D eigenvalue weighted by Crippen LogP contribution is 2.32. The molecule has 1 aliphatic rings. The number of aromatic nitrogens is 2. The summed E-state index contributed by atoms with van der Waals surface area (Å²) in [7, 11) is 0. The average molecular weight is 237 g/mol. The Morgan fingerprint density at radius 2 is 2.00 bits per heavy atom. The molecule has 0 aromatic carbocycles. The second-order valence-corrected chi connectivity index (χ2v) is 4.73. The van der Waals surface area contributed by atoms with Gasteiger partial charge in [0.1, 0.15) is 5.82 Å². The number of amides is 1. The summed E-state index contributed by atoms with van der Waals surface area (Å²) in [6.45, 7) is 3.83. The fourth-order valence-electron chi connectivity index (χ4n) is 2.47. The monoisotopic (exact) mass is 237 g/mol. The molecule has 1 amide bonds. The summed E-state index contributed by atoms with van der Waals surface area (Å²) in [5.74, 6) is 0.641. The summed E-state index contributed by atoms with van der Waals surface area (Å²) in [5.41, 5.74) is 1.83. The first-order valence-electron chi connectivity index (χ1n) is 6.15. The highest BCUT2D eigenvalue weighted by Gasteiger charge is 2.22. The minimum atomic E-state index is -1.02. The minimum Gasteiger partial charge on any atom is -0.465 e. The molecule has 0 saturated heterocycles. The number of nitrogens with one attached hydrogen (secondary N) is 1. The van der Waals surface area contributed by atoms with Gasteiger partial charge in [-0.1, -0.05) is 19.3 Å². The fourth-order valence-corrected chi connectivity index (χ4v) is 2.47. The topological polar surface area (TPSA) is 67.2 Å². The smallest absolute Gasteiger partial charge is 0.410 e. The van der Waals surface area contributed by atoms with E-state index in [4.69, 9.17) is 5.11 Å². The van der Waals surface area contributed by atoms with Crippen molar-refractivity contribution in [2.75, 3.05) is 5.32 Å². The van der Waals surface area contributed by atoms with E-state index in [9.17, 15) is 4.79 Å². The van der Waals surface area contributed by atoms with Crippen LogP contribution in [0.15, 0.2) is 0 Å². The van der Waals surface area contributed by atoms with Crippen LogP contribution in [0.3, 0.4) is 0 Å². The molecule has 5 nitrogen and oxygen atoms in total. The predicted molar refractivity (Wildman–Crippen MR) is 65.5 cm³/mol. The van der Waals surface area contributed by atoms with Crippen LogP contribution in [0.1, 0.15) is 49.4 Å². The van der Waals surface area contributed by atoms with E-state index in [1.165, 1.54) is 19.3 Å². The molecule has 1 aromatic rings. The molecule has 0 aliphatic heterocycles. The SMILES string of the molecule is Cc1nn(C2CCCCC2)c(NC(=O)O)c1C. The van der Waals surface area contributed by atoms with Gasteiger partial charge in [-0.05, 0) is 26.7 Å². The van der Waals surface area contributed by atoms with Crippen LogP contribution in [0, 0.1) is 13.8 Å². The first-order valence-corrected chi connectivity index (χ1v) is 6.15. The molecule has 1 aromatic heterocycles. The lowest BCUT2D eigenvalue weighted by Crippen LogP contribution is -2.19. The van der Waals surface area contributed by atoms with Gasteiger partial charge in [0.2, 0.25) is 0 Å². The lowest BCUT2D eigenvalue weighted by Gasteiger charge is -2.23. The zero-order valence-corrected chi connectivity index (χ0v) is 10.4. The third-order valence-corrected chi connectivity index (χ3v) is 3.53. The highest BCUT2D eigenvalue weighted by atomic mass is 16.4. The van der Waals surface area contributed by atoms with Crippen molar-refractivity contribution in [3.63, 3.8) is 0 Å². The van der Waals surface area contributed by atoms with E-state index in [1.807, 2.05) is 18.5 Å². The van der Waals surface area contributed by atoms with Gasteiger partial charge in [-0.2, -0.15) is 5.10 Å². The maximum absolute atomic E-state index is 10.8. The van der Waals surface area contributed by atoms with Crippen molar-refractivity contribution in [1.82, 2.24) is 9.78 Å². The molecule has 0 unspecified atom stereocenters. The van der Waals surface area contributed by atoms with E-state index < -0.39 is 6.09 Å². The van der Waals surface area contributed by atoms with Crippen molar-refractivity contribution < 1.29 is 9.90 Å². The van der Waals surface area contributed by atoms with Gasteiger partial charge in [0.25, 0.3) is 0 Å². The Balaban J connectivity index is 2.31. The molecule has 1 heterocycles. The lowest BCUT2D eigenvalue weighted by atomic mass is 9.95. The molecular weight excluding hydrogens is 218 g/mol.